The van der Waals surface area contributed by atoms with Crippen LogP contribution >= 0.6 is 11.6 Å². The Morgan fingerprint density at radius 1 is 1.33 bits per heavy atom. The predicted molar refractivity (Wildman–Crippen MR) is 84.4 cm³/mol. The summed E-state index contributed by atoms with van der Waals surface area (Å²) < 4.78 is 5.18. The lowest BCUT2D eigenvalue weighted by atomic mass is 10.1. The Kier molecular flexibility index (Phi) is 4.81. The molecule has 0 aliphatic rings. The molecule has 5 heteroatoms. The molecule has 21 heavy (non-hydrogen) atoms. The summed E-state index contributed by atoms with van der Waals surface area (Å²) in [7, 11) is 3.31. The Morgan fingerprint density at radius 2 is 2.10 bits per heavy atom. The lowest BCUT2D eigenvalue weighted by Crippen LogP contribution is -2.26. The number of amides is 1. The minimum absolute atomic E-state index is 0.137. The van der Waals surface area contributed by atoms with Crippen molar-refractivity contribution in [3.05, 3.63) is 52.8 Å². The predicted octanol–water partition coefficient (Wildman–Crippen LogP) is 3.58. The Morgan fingerprint density at radius 3 is 2.76 bits per heavy atom. The van der Waals surface area contributed by atoms with Crippen LogP contribution in [0.15, 0.2) is 36.4 Å². The van der Waals surface area contributed by atoms with Crippen molar-refractivity contribution in [2.45, 2.75) is 13.3 Å². The summed E-state index contributed by atoms with van der Waals surface area (Å²) in [4.78, 5) is 18.3. The van der Waals surface area contributed by atoms with Gasteiger partial charge in [-0.2, -0.15) is 0 Å². The van der Waals surface area contributed by atoms with E-state index < -0.39 is 0 Å². The molecule has 0 bridgehead atoms. The molecule has 0 aliphatic heterocycles. The number of methoxy groups -OCH3 is 1. The standard InChI is InChI=1S/C16H17ClN2O2/c1-4-12-8-11(9-15(17)18-12)16(20)19(2)13-6-5-7-14(10-13)21-3/h5-10H,4H2,1-3H3. The van der Waals surface area contributed by atoms with Crippen LogP contribution in [0.1, 0.15) is 23.0 Å². The number of benzene rings is 1. The molecule has 1 amide bonds. The maximum Gasteiger partial charge on any atom is 0.258 e. The van der Waals surface area contributed by atoms with Crippen molar-refractivity contribution in [2.24, 2.45) is 0 Å². The van der Waals surface area contributed by atoms with E-state index in [-0.39, 0.29) is 5.91 Å². The van der Waals surface area contributed by atoms with Gasteiger partial charge in [-0.1, -0.05) is 24.6 Å². The number of aryl methyl sites for hydroxylation is 1. The van der Waals surface area contributed by atoms with Gasteiger partial charge in [0.1, 0.15) is 10.9 Å². The fourth-order valence-corrected chi connectivity index (χ4v) is 2.21. The van der Waals surface area contributed by atoms with Crippen molar-refractivity contribution in [1.82, 2.24) is 4.98 Å². The van der Waals surface area contributed by atoms with Crippen LogP contribution in [-0.4, -0.2) is 25.0 Å². The molecule has 1 heterocycles. The van der Waals surface area contributed by atoms with Crippen LogP contribution in [0, 0.1) is 0 Å². The van der Waals surface area contributed by atoms with Gasteiger partial charge >= 0.3 is 0 Å². The topological polar surface area (TPSA) is 42.4 Å². The van der Waals surface area contributed by atoms with Crippen molar-refractivity contribution < 1.29 is 9.53 Å². The highest BCUT2D eigenvalue weighted by molar-refractivity contribution is 6.29. The second kappa shape index (κ2) is 6.59. The molecule has 0 unspecified atom stereocenters. The molecule has 0 saturated heterocycles. The van der Waals surface area contributed by atoms with E-state index >= 15 is 0 Å². The number of hydrogen-bond acceptors (Lipinski definition) is 3. The fourth-order valence-electron chi connectivity index (χ4n) is 1.99. The maximum absolute atomic E-state index is 12.6. The molecule has 0 aliphatic carbocycles. The van der Waals surface area contributed by atoms with E-state index in [9.17, 15) is 4.79 Å². The second-order valence-electron chi connectivity index (χ2n) is 4.59. The molecule has 2 aromatic rings. The molecule has 110 valence electrons. The number of ether oxygens (including phenoxy) is 1. The third kappa shape index (κ3) is 3.52. The average molecular weight is 305 g/mol. The van der Waals surface area contributed by atoms with Gasteiger partial charge in [0.15, 0.2) is 0 Å². The van der Waals surface area contributed by atoms with Gasteiger partial charge in [-0.05, 0) is 30.7 Å². The zero-order chi connectivity index (χ0) is 15.4. The SMILES string of the molecule is CCc1cc(C(=O)N(C)c2cccc(OC)c2)cc(Cl)n1. The maximum atomic E-state index is 12.6. The molecule has 2 rings (SSSR count). The molecule has 0 saturated carbocycles. The molecule has 0 N–H and O–H groups in total. The third-order valence-corrected chi connectivity index (χ3v) is 3.40. The van der Waals surface area contributed by atoms with Gasteiger partial charge < -0.3 is 9.64 Å². The molecular formula is C16H17ClN2O2. The van der Waals surface area contributed by atoms with Gasteiger partial charge in [0.2, 0.25) is 0 Å². The fraction of sp³-hybridized carbons (Fsp3) is 0.250. The summed E-state index contributed by atoms with van der Waals surface area (Å²) in [5.74, 6) is 0.566. The van der Waals surface area contributed by atoms with Crippen LogP contribution in [0.3, 0.4) is 0 Å². The lowest BCUT2D eigenvalue weighted by molar-refractivity contribution is 0.0993. The minimum atomic E-state index is -0.137. The van der Waals surface area contributed by atoms with E-state index in [2.05, 4.69) is 4.98 Å². The van der Waals surface area contributed by atoms with Crippen molar-refractivity contribution >= 4 is 23.2 Å². The van der Waals surface area contributed by atoms with Crippen molar-refractivity contribution in [1.29, 1.82) is 0 Å². The monoisotopic (exact) mass is 304 g/mol. The molecular weight excluding hydrogens is 288 g/mol. The number of carbonyl (C=O) groups excluding carboxylic acids is 1. The summed E-state index contributed by atoms with van der Waals surface area (Å²) in [6, 6.07) is 10.7. The van der Waals surface area contributed by atoms with Gasteiger partial charge in [-0.25, -0.2) is 4.98 Å². The lowest BCUT2D eigenvalue weighted by Gasteiger charge is -2.18. The first-order valence-electron chi connectivity index (χ1n) is 6.63. The quantitative estimate of drug-likeness (QED) is 0.811. The smallest absolute Gasteiger partial charge is 0.258 e. The Balaban J connectivity index is 2.32. The van der Waals surface area contributed by atoms with Gasteiger partial charge in [-0.3, -0.25) is 4.79 Å². The summed E-state index contributed by atoms with van der Waals surface area (Å²) in [5.41, 5.74) is 2.08. The number of halogens is 1. The summed E-state index contributed by atoms with van der Waals surface area (Å²) in [5, 5.41) is 0.330. The first-order chi connectivity index (χ1) is 10.0. The summed E-state index contributed by atoms with van der Waals surface area (Å²) >= 11 is 5.97. The number of aromatic nitrogens is 1. The van der Waals surface area contributed by atoms with Crippen LogP contribution in [0.25, 0.3) is 0 Å². The van der Waals surface area contributed by atoms with E-state index in [0.717, 1.165) is 17.8 Å². The third-order valence-electron chi connectivity index (χ3n) is 3.20. The van der Waals surface area contributed by atoms with Crippen LogP contribution < -0.4 is 9.64 Å². The van der Waals surface area contributed by atoms with E-state index in [1.54, 1.807) is 37.3 Å². The van der Waals surface area contributed by atoms with Crippen LogP contribution in [-0.2, 0) is 6.42 Å². The molecule has 4 nitrogen and oxygen atoms in total. The number of rotatable bonds is 4. The van der Waals surface area contributed by atoms with E-state index in [0.29, 0.717) is 16.5 Å². The number of pyridine rings is 1. The number of nitrogens with zero attached hydrogens (tertiary/aromatic N) is 2. The Bertz CT molecular complexity index is 658. The normalized spacial score (nSPS) is 10.3. The Hall–Kier alpha value is -2.07. The van der Waals surface area contributed by atoms with Crippen molar-refractivity contribution in [3.8, 4) is 5.75 Å². The summed E-state index contributed by atoms with van der Waals surface area (Å²) in [6.07, 6.45) is 0.726. The summed E-state index contributed by atoms with van der Waals surface area (Å²) in [6.45, 7) is 1.97. The molecule has 1 aromatic heterocycles. The molecule has 0 atom stereocenters. The average Bonchev–Trinajstić information content (AvgIpc) is 2.52. The highest BCUT2D eigenvalue weighted by atomic mass is 35.5. The Labute approximate surface area is 129 Å². The zero-order valence-corrected chi connectivity index (χ0v) is 13.0. The van der Waals surface area contributed by atoms with Crippen LogP contribution in [0.5, 0.6) is 5.75 Å². The molecule has 1 aromatic carbocycles. The van der Waals surface area contributed by atoms with Gasteiger partial charge in [0.25, 0.3) is 5.91 Å². The van der Waals surface area contributed by atoms with E-state index in [4.69, 9.17) is 16.3 Å². The molecule has 0 fully saturated rings. The highest BCUT2D eigenvalue weighted by Gasteiger charge is 2.15. The van der Waals surface area contributed by atoms with Gasteiger partial charge in [0.05, 0.1) is 7.11 Å². The molecule has 0 radical (unpaired) electrons. The highest BCUT2D eigenvalue weighted by Crippen LogP contribution is 2.22. The van der Waals surface area contributed by atoms with E-state index in [1.807, 2.05) is 25.1 Å². The van der Waals surface area contributed by atoms with Crippen molar-refractivity contribution in [3.63, 3.8) is 0 Å². The van der Waals surface area contributed by atoms with Gasteiger partial charge in [-0.15, -0.1) is 0 Å². The van der Waals surface area contributed by atoms with Crippen molar-refractivity contribution in [2.75, 3.05) is 19.1 Å². The number of anilines is 1. The van der Waals surface area contributed by atoms with Gasteiger partial charge in [0, 0.05) is 30.1 Å². The number of carbonyl (C=O) groups is 1. The van der Waals surface area contributed by atoms with Crippen LogP contribution in [0.4, 0.5) is 5.69 Å². The van der Waals surface area contributed by atoms with Crippen LogP contribution in [0.2, 0.25) is 5.15 Å². The number of hydrogen-bond donors (Lipinski definition) is 0. The largest absolute Gasteiger partial charge is 0.497 e. The zero-order valence-electron chi connectivity index (χ0n) is 12.3. The first kappa shape index (κ1) is 15.3. The first-order valence-corrected chi connectivity index (χ1v) is 7.01. The minimum Gasteiger partial charge on any atom is -0.497 e. The van der Waals surface area contributed by atoms with E-state index in [1.165, 1.54) is 0 Å². The second-order valence-corrected chi connectivity index (χ2v) is 4.98. The molecule has 0 spiro atoms.